The predicted molar refractivity (Wildman–Crippen MR) is 137 cm³/mol. The second-order valence-corrected chi connectivity index (χ2v) is 10.0. The van der Waals surface area contributed by atoms with Crippen LogP contribution < -0.4 is 5.32 Å². The van der Waals surface area contributed by atoms with E-state index in [2.05, 4.69) is 36.5 Å². The number of rotatable bonds is 11. The van der Waals surface area contributed by atoms with E-state index >= 15 is 0 Å². The van der Waals surface area contributed by atoms with E-state index in [4.69, 9.17) is 16.7 Å². The quantitative estimate of drug-likeness (QED) is 0.394. The van der Waals surface area contributed by atoms with Gasteiger partial charge in [-0.15, -0.1) is 0 Å². The van der Waals surface area contributed by atoms with Crippen LogP contribution in [0.15, 0.2) is 48.5 Å². The van der Waals surface area contributed by atoms with E-state index in [0.717, 1.165) is 58.0 Å². The van der Waals surface area contributed by atoms with Gasteiger partial charge in [0.2, 0.25) is 0 Å². The number of nitrogens with zero attached hydrogens (tertiary/aromatic N) is 1. The summed E-state index contributed by atoms with van der Waals surface area (Å²) >= 11 is 5.95. The van der Waals surface area contributed by atoms with Crippen LogP contribution in [-0.4, -0.2) is 42.2 Å². The minimum absolute atomic E-state index is 0.0785. The van der Waals surface area contributed by atoms with E-state index in [1.807, 2.05) is 11.9 Å². The molecule has 5 heteroatoms. The smallest absolute Gasteiger partial charge is 0.253 e. The molecule has 1 atom stereocenters. The summed E-state index contributed by atoms with van der Waals surface area (Å²) < 4.78 is 0. The summed E-state index contributed by atoms with van der Waals surface area (Å²) in [6.45, 7) is 4.42. The normalized spacial score (nSPS) is 19.3. The molecule has 0 aliphatic heterocycles. The van der Waals surface area contributed by atoms with Gasteiger partial charge in [0.15, 0.2) is 0 Å². The Kier molecular flexibility index (Phi) is 10.2. The molecule has 0 spiro atoms. The Hall–Kier alpha value is -1.88. The van der Waals surface area contributed by atoms with Crippen LogP contribution in [0.3, 0.4) is 0 Å². The van der Waals surface area contributed by atoms with E-state index in [9.17, 15) is 4.79 Å². The zero-order valence-corrected chi connectivity index (χ0v) is 20.9. The lowest BCUT2D eigenvalue weighted by Crippen LogP contribution is -2.39. The molecule has 1 fully saturated rings. The molecule has 2 N–H and O–H groups in total. The maximum absolute atomic E-state index is 12.8. The highest BCUT2D eigenvalue weighted by Crippen LogP contribution is 2.35. The molecule has 0 saturated heterocycles. The number of carbonyl (C=O) groups excluding carboxylic acids is 1. The Balaban J connectivity index is 1.40. The molecule has 2 aromatic rings. The first kappa shape index (κ1) is 25.7. The van der Waals surface area contributed by atoms with Gasteiger partial charge in [0.05, 0.1) is 0 Å². The first-order valence-corrected chi connectivity index (χ1v) is 12.8. The van der Waals surface area contributed by atoms with Crippen molar-refractivity contribution in [2.75, 3.05) is 20.2 Å². The van der Waals surface area contributed by atoms with E-state index in [1.165, 1.54) is 11.1 Å². The zero-order valence-electron chi connectivity index (χ0n) is 20.1. The van der Waals surface area contributed by atoms with Gasteiger partial charge in [-0.2, -0.15) is 0 Å². The minimum Gasteiger partial charge on any atom is -0.396 e. The standard InChI is InChI=1S/C28H39ClN2O2/c1-21(17-19-32)4-3-18-30-20-22-5-7-23(8-6-22)24-11-15-27(16-12-24)31(2)28(33)25-9-13-26(29)14-10-25/h5-10,13-14,21,24,27,30,32H,3-4,11-12,15-20H2,1-2H3. The highest BCUT2D eigenvalue weighted by molar-refractivity contribution is 6.30. The maximum atomic E-state index is 12.8. The van der Waals surface area contributed by atoms with Gasteiger partial charge in [-0.3, -0.25) is 4.79 Å². The lowest BCUT2D eigenvalue weighted by atomic mass is 9.81. The Bertz CT molecular complexity index is 845. The minimum atomic E-state index is 0.0785. The van der Waals surface area contributed by atoms with Crippen molar-refractivity contribution in [3.05, 3.63) is 70.2 Å². The summed E-state index contributed by atoms with van der Waals surface area (Å²) in [5.41, 5.74) is 3.44. The number of hydrogen-bond donors (Lipinski definition) is 2. The van der Waals surface area contributed by atoms with Crippen molar-refractivity contribution >= 4 is 17.5 Å². The molecule has 33 heavy (non-hydrogen) atoms. The summed E-state index contributed by atoms with van der Waals surface area (Å²) in [5.74, 6) is 1.26. The van der Waals surface area contributed by atoms with Gasteiger partial charge >= 0.3 is 0 Å². The van der Waals surface area contributed by atoms with Crippen molar-refractivity contribution in [2.45, 2.75) is 70.4 Å². The van der Waals surface area contributed by atoms with Crippen molar-refractivity contribution in [1.29, 1.82) is 0 Å². The van der Waals surface area contributed by atoms with Crippen molar-refractivity contribution < 1.29 is 9.90 Å². The fourth-order valence-corrected chi connectivity index (χ4v) is 4.96. The van der Waals surface area contributed by atoms with Crippen LogP contribution in [0.5, 0.6) is 0 Å². The summed E-state index contributed by atoms with van der Waals surface area (Å²) in [6.07, 6.45) is 7.53. The summed E-state index contributed by atoms with van der Waals surface area (Å²) in [6, 6.07) is 16.5. The molecule has 0 heterocycles. The number of aliphatic hydroxyl groups is 1. The van der Waals surface area contributed by atoms with Gasteiger partial charge in [-0.25, -0.2) is 0 Å². The van der Waals surface area contributed by atoms with E-state index in [1.54, 1.807) is 24.3 Å². The SMILES string of the molecule is CC(CCO)CCCNCc1ccc(C2CCC(N(C)C(=O)c3ccc(Cl)cc3)CC2)cc1. The molecule has 2 aromatic carbocycles. The van der Waals surface area contributed by atoms with Crippen molar-refractivity contribution in [2.24, 2.45) is 5.92 Å². The molecule has 3 rings (SSSR count). The van der Waals surface area contributed by atoms with Gasteiger partial charge in [0, 0.05) is 36.8 Å². The highest BCUT2D eigenvalue weighted by Gasteiger charge is 2.27. The second kappa shape index (κ2) is 13.1. The Labute approximate surface area is 204 Å². The molecular weight excluding hydrogens is 432 g/mol. The molecule has 1 saturated carbocycles. The molecule has 1 aliphatic carbocycles. The van der Waals surface area contributed by atoms with Gasteiger partial charge < -0.3 is 15.3 Å². The van der Waals surface area contributed by atoms with Crippen LogP contribution in [0.4, 0.5) is 0 Å². The van der Waals surface area contributed by atoms with Crippen LogP contribution in [0.25, 0.3) is 0 Å². The highest BCUT2D eigenvalue weighted by atomic mass is 35.5. The van der Waals surface area contributed by atoms with E-state index in [-0.39, 0.29) is 5.91 Å². The molecule has 1 unspecified atom stereocenters. The Morgan fingerprint density at radius 1 is 1.06 bits per heavy atom. The fraction of sp³-hybridized carbons (Fsp3) is 0.536. The lowest BCUT2D eigenvalue weighted by molar-refractivity contribution is 0.0689. The van der Waals surface area contributed by atoms with Crippen LogP contribution in [0.2, 0.25) is 5.02 Å². The lowest BCUT2D eigenvalue weighted by Gasteiger charge is -2.35. The van der Waals surface area contributed by atoms with Gasteiger partial charge in [0.25, 0.3) is 5.91 Å². The molecule has 180 valence electrons. The molecule has 0 radical (unpaired) electrons. The average Bonchev–Trinajstić information content (AvgIpc) is 2.84. The molecule has 1 amide bonds. The topological polar surface area (TPSA) is 52.6 Å². The number of benzene rings is 2. The molecule has 0 aromatic heterocycles. The van der Waals surface area contributed by atoms with Crippen molar-refractivity contribution in [1.82, 2.24) is 10.2 Å². The predicted octanol–water partition coefficient (Wildman–Crippen LogP) is 6.03. The first-order valence-electron chi connectivity index (χ1n) is 12.4. The van der Waals surface area contributed by atoms with Gasteiger partial charge in [0.1, 0.15) is 0 Å². The second-order valence-electron chi connectivity index (χ2n) is 9.61. The summed E-state index contributed by atoms with van der Waals surface area (Å²) in [7, 11) is 1.93. The molecular formula is C28H39ClN2O2. The number of halogens is 1. The third-order valence-electron chi connectivity index (χ3n) is 7.11. The van der Waals surface area contributed by atoms with Crippen LogP contribution in [0.1, 0.15) is 79.3 Å². The average molecular weight is 471 g/mol. The van der Waals surface area contributed by atoms with Gasteiger partial charge in [-0.1, -0.05) is 42.8 Å². The van der Waals surface area contributed by atoms with Crippen LogP contribution in [0, 0.1) is 5.92 Å². The number of amides is 1. The van der Waals surface area contributed by atoms with E-state index < -0.39 is 0 Å². The summed E-state index contributed by atoms with van der Waals surface area (Å²) in [5, 5.41) is 13.2. The summed E-state index contributed by atoms with van der Waals surface area (Å²) in [4.78, 5) is 14.7. The third-order valence-corrected chi connectivity index (χ3v) is 7.36. The largest absolute Gasteiger partial charge is 0.396 e. The van der Waals surface area contributed by atoms with E-state index in [0.29, 0.717) is 35.1 Å². The number of hydrogen-bond acceptors (Lipinski definition) is 3. The first-order chi connectivity index (χ1) is 16.0. The molecule has 0 bridgehead atoms. The van der Waals surface area contributed by atoms with Crippen LogP contribution >= 0.6 is 11.6 Å². The van der Waals surface area contributed by atoms with Crippen molar-refractivity contribution in [3.63, 3.8) is 0 Å². The third kappa shape index (κ3) is 7.84. The van der Waals surface area contributed by atoms with Crippen LogP contribution in [-0.2, 0) is 6.54 Å². The monoisotopic (exact) mass is 470 g/mol. The number of aliphatic hydroxyl groups excluding tert-OH is 1. The zero-order chi connectivity index (χ0) is 23.6. The van der Waals surface area contributed by atoms with Crippen molar-refractivity contribution in [3.8, 4) is 0 Å². The number of carbonyl (C=O) groups is 1. The number of nitrogens with one attached hydrogen (secondary N) is 1. The molecule has 1 aliphatic rings. The Morgan fingerprint density at radius 3 is 2.36 bits per heavy atom. The van der Waals surface area contributed by atoms with Gasteiger partial charge in [-0.05, 0) is 98.7 Å². The molecule has 4 nitrogen and oxygen atoms in total. The fourth-order valence-electron chi connectivity index (χ4n) is 4.84. The Morgan fingerprint density at radius 2 is 1.73 bits per heavy atom. The maximum Gasteiger partial charge on any atom is 0.253 e.